The monoisotopic (exact) mass is 367 g/mol. The third kappa shape index (κ3) is 2.63. The van der Waals surface area contributed by atoms with Crippen molar-refractivity contribution in [2.24, 2.45) is 0 Å². The number of nitrogens with two attached hydrogens (primary N) is 1. The van der Waals surface area contributed by atoms with Crippen LogP contribution in [0.15, 0.2) is 42.7 Å². The Kier molecular flexibility index (Phi) is 3.69. The zero-order chi connectivity index (χ0) is 19.1. The molecule has 4 heterocycles. The molecule has 0 radical (unpaired) electrons. The van der Waals surface area contributed by atoms with Gasteiger partial charge in [0.15, 0.2) is 0 Å². The standard InChI is InChI=1S/C21H17N7/c1-2-17-26-19-18(15(11-24-19)16-7-9-23-21(22)25-16)20(27-17)28-10-8-13-5-3-4-6-14(13)12-28/h1,3-7,9,11H,8,10,12H2,(H2,22,23,25)(H,24,26,27). The van der Waals surface area contributed by atoms with Crippen LogP contribution in [0.1, 0.15) is 17.0 Å². The number of benzene rings is 1. The second kappa shape index (κ2) is 6.35. The lowest BCUT2D eigenvalue weighted by atomic mass is 9.99. The Hall–Kier alpha value is -3.92. The maximum Gasteiger partial charge on any atom is 0.220 e. The normalized spacial score (nSPS) is 13.3. The first-order valence-electron chi connectivity index (χ1n) is 8.99. The number of fused-ring (bicyclic) bond motifs is 2. The van der Waals surface area contributed by atoms with Gasteiger partial charge in [0.2, 0.25) is 11.8 Å². The van der Waals surface area contributed by atoms with E-state index in [4.69, 9.17) is 12.2 Å². The fourth-order valence-corrected chi connectivity index (χ4v) is 3.71. The van der Waals surface area contributed by atoms with E-state index in [-0.39, 0.29) is 5.95 Å². The van der Waals surface area contributed by atoms with Crippen LogP contribution < -0.4 is 10.6 Å². The molecule has 28 heavy (non-hydrogen) atoms. The Bertz CT molecular complexity index is 1240. The molecule has 7 heteroatoms. The number of aromatic amines is 1. The number of aromatic nitrogens is 5. The molecular weight excluding hydrogens is 350 g/mol. The van der Waals surface area contributed by atoms with Gasteiger partial charge in [-0.15, -0.1) is 6.42 Å². The second-order valence-electron chi connectivity index (χ2n) is 6.68. The minimum atomic E-state index is 0.224. The second-order valence-corrected chi connectivity index (χ2v) is 6.68. The highest BCUT2D eigenvalue weighted by Gasteiger charge is 2.23. The number of hydrogen-bond donors (Lipinski definition) is 2. The Morgan fingerprint density at radius 2 is 1.96 bits per heavy atom. The van der Waals surface area contributed by atoms with E-state index in [9.17, 15) is 0 Å². The van der Waals surface area contributed by atoms with Crippen LogP contribution in [0.3, 0.4) is 0 Å². The van der Waals surface area contributed by atoms with Crippen molar-refractivity contribution in [1.29, 1.82) is 0 Å². The Morgan fingerprint density at radius 1 is 1.11 bits per heavy atom. The molecule has 0 saturated carbocycles. The molecule has 1 aromatic carbocycles. The number of nitrogens with zero attached hydrogens (tertiary/aromatic N) is 5. The van der Waals surface area contributed by atoms with Gasteiger partial charge in [0.25, 0.3) is 0 Å². The molecule has 0 fully saturated rings. The first-order chi connectivity index (χ1) is 13.7. The van der Waals surface area contributed by atoms with Crippen LogP contribution in [0.25, 0.3) is 22.3 Å². The van der Waals surface area contributed by atoms with Crippen molar-refractivity contribution in [3.63, 3.8) is 0 Å². The largest absolute Gasteiger partial charge is 0.368 e. The first kappa shape index (κ1) is 16.3. The molecule has 0 saturated heterocycles. The van der Waals surface area contributed by atoms with Crippen LogP contribution in [0.2, 0.25) is 0 Å². The average Bonchev–Trinajstić information content (AvgIpc) is 3.16. The van der Waals surface area contributed by atoms with Crippen molar-refractivity contribution < 1.29 is 0 Å². The number of rotatable bonds is 2. The van der Waals surface area contributed by atoms with Gasteiger partial charge in [-0.05, 0) is 29.5 Å². The fourth-order valence-electron chi connectivity index (χ4n) is 3.71. The molecular formula is C21H17N7. The van der Waals surface area contributed by atoms with E-state index in [0.29, 0.717) is 11.5 Å². The van der Waals surface area contributed by atoms with Crippen molar-refractivity contribution in [3.8, 4) is 23.6 Å². The number of H-pyrrole nitrogens is 1. The van der Waals surface area contributed by atoms with Crippen molar-refractivity contribution in [3.05, 3.63) is 59.7 Å². The maximum absolute atomic E-state index is 5.79. The summed E-state index contributed by atoms with van der Waals surface area (Å²) in [6, 6.07) is 10.3. The Balaban J connectivity index is 1.69. The highest BCUT2D eigenvalue weighted by molar-refractivity contribution is 6.00. The lowest BCUT2D eigenvalue weighted by molar-refractivity contribution is 0.722. The number of anilines is 2. The van der Waals surface area contributed by atoms with Gasteiger partial charge in [0, 0.05) is 31.0 Å². The van der Waals surface area contributed by atoms with E-state index in [2.05, 4.69) is 60.0 Å². The van der Waals surface area contributed by atoms with Gasteiger partial charge in [-0.3, -0.25) is 0 Å². The number of hydrogen-bond acceptors (Lipinski definition) is 6. The smallest absolute Gasteiger partial charge is 0.220 e. The van der Waals surface area contributed by atoms with Crippen LogP contribution in [0.4, 0.5) is 11.8 Å². The van der Waals surface area contributed by atoms with Crippen LogP contribution in [0.5, 0.6) is 0 Å². The summed E-state index contributed by atoms with van der Waals surface area (Å²) in [4.78, 5) is 22.9. The molecule has 0 spiro atoms. The average molecular weight is 367 g/mol. The van der Waals surface area contributed by atoms with Gasteiger partial charge in [-0.25, -0.2) is 19.9 Å². The fraction of sp³-hybridized carbons (Fsp3) is 0.143. The van der Waals surface area contributed by atoms with Gasteiger partial charge >= 0.3 is 0 Å². The summed E-state index contributed by atoms with van der Waals surface area (Å²) >= 11 is 0. The molecule has 0 unspecified atom stereocenters. The highest BCUT2D eigenvalue weighted by atomic mass is 15.2. The van der Waals surface area contributed by atoms with Gasteiger partial charge in [0.05, 0.1) is 11.1 Å². The van der Waals surface area contributed by atoms with E-state index in [0.717, 1.165) is 42.0 Å². The summed E-state index contributed by atoms with van der Waals surface area (Å²) < 4.78 is 0. The molecule has 1 aliphatic rings. The lowest BCUT2D eigenvalue weighted by Crippen LogP contribution is -2.31. The predicted octanol–water partition coefficient (Wildman–Crippen LogP) is 2.54. The summed E-state index contributed by atoms with van der Waals surface area (Å²) in [7, 11) is 0. The molecule has 0 amide bonds. The Morgan fingerprint density at radius 3 is 2.79 bits per heavy atom. The molecule has 0 bridgehead atoms. The van der Waals surface area contributed by atoms with E-state index >= 15 is 0 Å². The lowest BCUT2D eigenvalue weighted by Gasteiger charge is -2.30. The van der Waals surface area contributed by atoms with Gasteiger partial charge < -0.3 is 15.6 Å². The summed E-state index contributed by atoms with van der Waals surface area (Å²) in [5.74, 6) is 3.95. The van der Waals surface area contributed by atoms with E-state index in [1.165, 1.54) is 11.1 Å². The van der Waals surface area contributed by atoms with Gasteiger partial charge in [-0.2, -0.15) is 0 Å². The van der Waals surface area contributed by atoms with E-state index in [1.807, 2.05) is 12.3 Å². The molecule has 5 rings (SSSR count). The first-order valence-corrected chi connectivity index (χ1v) is 8.99. The zero-order valence-corrected chi connectivity index (χ0v) is 15.1. The van der Waals surface area contributed by atoms with Crippen molar-refractivity contribution in [1.82, 2.24) is 24.9 Å². The van der Waals surface area contributed by atoms with Crippen LogP contribution in [-0.2, 0) is 13.0 Å². The van der Waals surface area contributed by atoms with Crippen molar-refractivity contribution >= 4 is 22.8 Å². The third-order valence-electron chi connectivity index (χ3n) is 5.02. The SMILES string of the molecule is C#Cc1nc(N2CCc3ccccc3C2)c2c(-c3ccnc(N)n3)c[nH]c2n1. The van der Waals surface area contributed by atoms with Crippen molar-refractivity contribution in [2.45, 2.75) is 13.0 Å². The molecule has 3 N–H and O–H groups in total. The van der Waals surface area contributed by atoms with Gasteiger partial charge in [-0.1, -0.05) is 24.3 Å². The van der Waals surface area contributed by atoms with Gasteiger partial charge in [0.1, 0.15) is 11.5 Å². The molecule has 3 aromatic heterocycles. The quantitative estimate of drug-likeness (QED) is 0.529. The van der Waals surface area contributed by atoms with Crippen LogP contribution in [-0.4, -0.2) is 31.5 Å². The zero-order valence-electron chi connectivity index (χ0n) is 15.1. The Labute approximate surface area is 161 Å². The highest BCUT2D eigenvalue weighted by Crippen LogP contribution is 2.35. The molecule has 0 aliphatic carbocycles. The predicted molar refractivity (Wildman–Crippen MR) is 108 cm³/mol. The third-order valence-corrected chi connectivity index (χ3v) is 5.02. The summed E-state index contributed by atoms with van der Waals surface area (Å²) in [5, 5.41) is 0.886. The molecule has 0 atom stereocenters. The molecule has 136 valence electrons. The summed E-state index contributed by atoms with van der Waals surface area (Å²) in [6.07, 6.45) is 10.1. The van der Waals surface area contributed by atoms with E-state index in [1.54, 1.807) is 6.20 Å². The molecule has 4 aromatic rings. The van der Waals surface area contributed by atoms with Crippen LogP contribution in [0, 0.1) is 12.3 Å². The van der Waals surface area contributed by atoms with Crippen molar-refractivity contribution in [2.75, 3.05) is 17.2 Å². The van der Waals surface area contributed by atoms with E-state index < -0.39 is 0 Å². The molecule has 1 aliphatic heterocycles. The number of nitrogen functional groups attached to an aromatic ring is 1. The van der Waals surface area contributed by atoms with Crippen LogP contribution >= 0.6 is 0 Å². The minimum absolute atomic E-state index is 0.224. The maximum atomic E-state index is 5.79. The summed E-state index contributed by atoms with van der Waals surface area (Å²) in [6.45, 7) is 1.62. The topological polar surface area (TPSA) is 96.6 Å². The summed E-state index contributed by atoms with van der Waals surface area (Å²) in [5.41, 5.74) is 10.7. The number of terminal acetylenes is 1. The molecule has 7 nitrogen and oxygen atoms in total. The number of nitrogens with one attached hydrogen (secondary N) is 1. The minimum Gasteiger partial charge on any atom is -0.368 e.